The summed E-state index contributed by atoms with van der Waals surface area (Å²) < 4.78 is 1.50. The van der Waals surface area contributed by atoms with Crippen molar-refractivity contribution in [3.63, 3.8) is 0 Å². The lowest BCUT2D eigenvalue weighted by Crippen LogP contribution is -2.32. The predicted octanol–water partition coefficient (Wildman–Crippen LogP) is 1.62. The molecule has 3 aromatic rings. The first kappa shape index (κ1) is 15.8. The van der Waals surface area contributed by atoms with Crippen molar-refractivity contribution in [2.24, 2.45) is 5.73 Å². The molecule has 3 N–H and O–H groups in total. The molecule has 7 nitrogen and oxygen atoms in total. The average Bonchev–Trinajstić information content (AvgIpc) is 3.23. The second kappa shape index (κ2) is 6.68. The van der Waals surface area contributed by atoms with Crippen LogP contribution in [-0.4, -0.2) is 43.9 Å². The molecule has 1 fully saturated rings. The maximum atomic E-state index is 10.9. The van der Waals surface area contributed by atoms with Crippen LogP contribution in [0.4, 0.5) is 0 Å². The van der Waals surface area contributed by atoms with Gasteiger partial charge in [-0.25, -0.2) is 4.68 Å². The maximum absolute atomic E-state index is 10.9. The number of primary amides is 1. The summed E-state index contributed by atoms with van der Waals surface area (Å²) in [4.78, 5) is 16.6. The SMILES string of the molecule is NC(=O)Cn1cc(CN2CCC(c3ccc4[nH]ccc4c3)CC2)nn1. The molecule has 1 saturated heterocycles. The van der Waals surface area contributed by atoms with Gasteiger partial charge in [-0.1, -0.05) is 11.3 Å². The first-order valence-electron chi connectivity index (χ1n) is 8.64. The molecular formula is C18H22N6O. The molecule has 1 aromatic carbocycles. The number of H-pyrrole nitrogens is 1. The number of nitrogens with two attached hydrogens (primary N) is 1. The number of rotatable bonds is 5. The van der Waals surface area contributed by atoms with E-state index in [1.165, 1.54) is 21.1 Å². The fraction of sp³-hybridized carbons (Fsp3) is 0.389. The van der Waals surface area contributed by atoms with Crippen molar-refractivity contribution in [1.29, 1.82) is 0 Å². The second-order valence-electron chi connectivity index (χ2n) is 6.75. The van der Waals surface area contributed by atoms with Gasteiger partial charge >= 0.3 is 0 Å². The molecule has 130 valence electrons. The van der Waals surface area contributed by atoms with Gasteiger partial charge < -0.3 is 10.7 Å². The van der Waals surface area contributed by atoms with Crippen LogP contribution < -0.4 is 5.73 Å². The minimum absolute atomic E-state index is 0.0801. The van der Waals surface area contributed by atoms with Gasteiger partial charge in [0.25, 0.3) is 0 Å². The molecular weight excluding hydrogens is 316 g/mol. The third kappa shape index (κ3) is 3.56. The standard InChI is InChI=1S/C18H22N6O/c19-18(25)12-24-11-16(21-22-24)10-23-7-4-13(5-8-23)14-1-2-17-15(9-14)3-6-20-17/h1-3,6,9,11,13,20H,4-5,7-8,10,12H2,(H2,19,25). The number of carbonyl (C=O) groups excluding carboxylic acids is 1. The minimum Gasteiger partial charge on any atom is -0.368 e. The number of nitrogens with one attached hydrogen (secondary N) is 1. The fourth-order valence-corrected chi connectivity index (χ4v) is 3.63. The number of fused-ring (bicyclic) bond motifs is 1. The Balaban J connectivity index is 1.34. The number of hydrogen-bond acceptors (Lipinski definition) is 4. The quantitative estimate of drug-likeness (QED) is 0.739. The molecule has 2 aromatic heterocycles. The summed E-state index contributed by atoms with van der Waals surface area (Å²) in [5, 5.41) is 9.36. The fourth-order valence-electron chi connectivity index (χ4n) is 3.63. The van der Waals surface area contributed by atoms with Gasteiger partial charge in [0.15, 0.2) is 0 Å². The number of carbonyl (C=O) groups is 1. The van der Waals surface area contributed by atoms with Crippen molar-refractivity contribution in [2.45, 2.75) is 31.8 Å². The summed E-state index contributed by atoms with van der Waals surface area (Å²) in [7, 11) is 0. The van der Waals surface area contributed by atoms with Gasteiger partial charge in [0.1, 0.15) is 6.54 Å². The summed E-state index contributed by atoms with van der Waals surface area (Å²) in [5.74, 6) is 0.206. The summed E-state index contributed by atoms with van der Waals surface area (Å²) in [6.45, 7) is 2.93. The highest BCUT2D eigenvalue weighted by molar-refractivity contribution is 5.80. The van der Waals surface area contributed by atoms with E-state index in [0.717, 1.165) is 38.2 Å². The van der Waals surface area contributed by atoms with Gasteiger partial charge in [-0.3, -0.25) is 9.69 Å². The second-order valence-corrected chi connectivity index (χ2v) is 6.75. The van der Waals surface area contributed by atoms with E-state index in [0.29, 0.717) is 5.92 Å². The first-order valence-corrected chi connectivity index (χ1v) is 8.64. The summed E-state index contributed by atoms with van der Waals surface area (Å²) in [5.41, 5.74) is 8.68. The number of aromatic nitrogens is 4. The molecule has 0 bridgehead atoms. The topological polar surface area (TPSA) is 92.8 Å². The van der Waals surface area contributed by atoms with Crippen LogP contribution >= 0.6 is 0 Å². The molecule has 3 heterocycles. The number of aromatic amines is 1. The highest BCUT2D eigenvalue weighted by Gasteiger charge is 2.21. The van der Waals surface area contributed by atoms with E-state index in [2.05, 4.69) is 44.5 Å². The number of piperidine rings is 1. The predicted molar refractivity (Wildman–Crippen MR) is 94.8 cm³/mol. The van der Waals surface area contributed by atoms with Gasteiger partial charge in [0.2, 0.25) is 5.91 Å². The van der Waals surface area contributed by atoms with Crippen molar-refractivity contribution in [1.82, 2.24) is 24.9 Å². The van der Waals surface area contributed by atoms with E-state index in [1.54, 1.807) is 6.20 Å². The molecule has 7 heteroatoms. The van der Waals surface area contributed by atoms with Crippen molar-refractivity contribution >= 4 is 16.8 Å². The van der Waals surface area contributed by atoms with Gasteiger partial charge in [0, 0.05) is 18.3 Å². The number of likely N-dealkylation sites (tertiary alicyclic amines) is 1. The summed E-state index contributed by atoms with van der Waals surface area (Å²) in [6.07, 6.45) is 6.08. The highest BCUT2D eigenvalue weighted by atomic mass is 16.1. The molecule has 0 unspecified atom stereocenters. The number of benzene rings is 1. The number of nitrogens with zero attached hydrogens (tertiary/aromatic N) is 4. The molecule has 4 rings (SSSR count). The van der Waals surface area contributed by atoms with Crippen LogP contribution in [0.2, 0.25) is 0 Å². The van der Waals surface area contributed by atoms with Crippen LogP contribution in [0.5, 0.6) is 0 Å². The summed E-state index contributed by atoms with van der Waals surface area (Å²) in [6, 6.07) is 8.85. The van der Waals surface area contributed by atoms with Crippen LogP contribution in [0.3, 0.4) is 0 Å². The Morgan fingerprint density at radius 2 is 2.12 bits per heavy atom. The molecule has 0 radical (unpaired) electrons. The average molecular weight is 338 g/mol. The van der Waals surface area contributed by atoms with E-state index in [9.17, 15) is 4.79 Å². The van der Waals surface area contributed by atoms with Crippen LogP contribution in [0.15, 0.2) is 36.7 Å². The molecule has 0 spiro atoms. The van der Waals surface area contributed by atoms with Gasteiger partial charge in [-0.05, 0) is 61.0 Å². The van der Waals surface area contributed by atoms with E-state index >= 15 is 0 Å². The lowest BCUT2D eigenvalue weighted by Gasteiger charge is -2.31. The Kier molecular flexibility index (Phi) is 4.23. The van der Waals surface area contributed by atoms with Crippen molar-refractivity contribution in [3.05, 3.63) is 47.9 Å². The molecule has 1 amide bonds. The van der Waals surface area contributed by atoms with Crippen LogP contribution in [0.1, 0.15) is 30.0 Å². The zero-order chi connectivity index (χ0) is 17.2. The van der Waals surface area contributed by atoms with Crippen molar-refractivity contribution in [2.75, 3.05) is 13.1 Å². The third-order valence-electron chi connectivity index (χ3n) is 4.93. The highest BCUT2D eigenvalue weighted by Crippen LogP contribution is 2.30. The van der Waals surface area contributed by atoms with E-state index < -0.39 is 5.91 Å². The van der Waals surface area contributed by atoms with Gasteiger partial charge in [-0.2, -0.15) is 0 Å². The van der Waals surface area contributed by atoms with Crippen LogP contribution in [-0.2, 0) is 17.9 Å². The van der Waals surface area contributed by atoms with Crippen molar-refractivity contribution < 1.29 is 4.79 Å². The smallest absolute Gasteiger partial charge is 0.239 e. The molecule has 0 saturated carbocycles. The van der Waals surface area contributed by atoms with Crippen LogP contribution in [0, 0.1) is 0 Å². The Morgan fingerprint density at radius 1 is 1.28 bits per heavy atom. The molecule has 0 atom stereocenters. The van der Waals surface area contributed by atoms with E-state index in [1.807, 2.05) is 6.20 Å². The minimum atomic E-state index is -0.406. The Hall–Kier alpha value is -2.67. The van der Waals surface area contributed by atoms with Gasteiger partial charge in [0.05, 0.1) is 11.9 Å². The summed E-state index contributed by atoms with van der Waals surface area (Å²) >= 11 is 0. The first-order chi connectivity index (χ1) is 12.2. The molecule has 1 aliphatic heterocycles. The van der Waals surface area contributed by atoms with Crippen LogP contribution in [0.25, 0.3) is 10.9 Å². The lowest BCUT2D eigenvalue weighted by molar-refractivity contribution is -0.118. The lowest BCUT2D eigenvalue weighted by atomic mass is 9.89. The third-order valence-corrected chi connectivity index (χ3v) is 4.93. The number of hydrogen-bond donors (Lipinski definition) is 2. The monoisotopic (exact) mass is 338 g/mol. The molecule has 25 heavy (non-hydrogen) atoms. The zero-order valence-electron chi connectivity index (χ0n) is 14.1. The van der Waals surface area contributed by atoms with Gasteiger partial charge in [-0.15, -0.1) is 5.10 Å². The largest absolute Gasteiger partial charge is 0.368 e. The van der Waals surface area contributed by atoms with E-state index in [4.69, 9.17) is 5.73 Å². The van der Waals surface area contributed by atoms with Crippen molar-refractivity contribution in [3.8, 4) is 0 Å². The van der Waals surface area contributed by atoms with E-state index in [-0.39, 0.29) is 6.54 Å². The maximum Gasteiger partial charge on any atom is 0.239 e. The normalized spacial score (nSPS) is 16.5. The Labute approximate surface area is 145 Å². The Bertz CT molecular complexity index is 874. The molecule has 1 aliphatic rings. The molecule has 0 aliphatic carbocycles. The number of amides is 1. The Morgan fingerprint density at radius 3 is 2.92 bits per heavy atom. The zero-order valence-corrected chi connectivity index (χ0v) is 14.1.